The minimum atomic E-state index is 0.0526. The molecule has 0 spiro atoms. The maximum Gasteiger partial charge on any atom is 0.225 e. The van der Waals surface area contributed by atoms with E-state index >= 15 is 0 Å². The minimum absolute atomic E-state index is 0.0526. The van der Waals surface area contributed by atoms with Crippen molar-refractivity contribution in [1.29, 1.82) is 0 Å². The number of piperidine rings is 1. The van der Waals surface area contributed by atoms with Crippen LogP contribution >= 0.6 is 0 Å². The standard InChI is InChI=1S/C27H34N4O2/c1-22(21-33-25-12-6-3-7-13-25)30-19-16-24(17-20-30)31-26(15-18-28-31)29-27(32)14-8-11-23-9-4-2-5-10-23/h2-7,9-10,12-13,15,18,22,24H,8,11,14,16-17,19-21H2,1H3,(H,29,32)/t22-/m1/s1. The van der Waals surface area contributed by atoms with Crippen molar-refractivity contribution in [2.45, 2.75) is 51.1 Å². The molecule has 1 fully saturated rings. The van der Waals surface area contributed by atoms with Crippen molar-refractivity contribution in [2.24, 2.45) is 0 Å². The van der Waals surface area contributed by atoms with Crippen LogP contribution in [0.3, 0.4) is 0 Å². The lowest BCUT2D eigenvalue weighted by Crippen LogP contribution is -2.43. The molecule has 2 aromatic carbocycles. The monoisotopic (exact) mass is 446 g/mol. The van der Waals surface area contributed by atoms with Gasteiger partial charge in [-0.3, -0.25) is 9.69 Å². The largest absolute Gasteiger partial charge is 0.492 e. The van der Waals surface area contributed by atoms with E-state index in [0.717, 1.165) is 50.3 Å². The number of hydrogen-bond acceptors (Lipinski definition) is 4. The van der Waals surface area contributed by atoms with Crippen LogP contribution in [0.15, 0.2) is 72.9 Å². The maximum atomic E-state index is 12.5. The Morgan fingerprint density at radius 1 is 1.06 bits per heavy atom. The number of carbonyl (C=O) groups is 1. The molecule has 2 heterocycles. The summed E-state index contributed by atoms with van der Waals surface area (Å²) in [7, 11) is 0. The second-order valence-electron chi connectivity index (χ2n) is 8.79. The van der Waals surface area contributed by atoms with Crippen molar-refractivity contribution in [3.63, 3.8) is 0 Å². The molecule has 1 aliphatic heterocycles. The first-order chi connectivity index (χ1) is 16.2. The van der Waals surface area contributed by atoms with E-state index in [1.54, 1.807) is 6.20 Å². The SMILES string of the molecule is C[C@H](COc1ccccc1)N1CCC(n2nccc2NC(=O)CCCc2ccccc2)CC1. The van der Waals surface area contributed by atoms with E-state index in [9.17, 15) is 4.79 Å². The molecule has 0 saturated carbocycles. The third-order valence-electron chi connectivity index (χ3n) is 6.35. The first-order valence-electron chi connectivity index (χ1n) is 12.0. The zero-order valence-corrected chi connectivity index (χ0v) is 19.4. The van der Waals surface area contributed by atoms with Crippen LogP contribution in [-0.2, 0) is 11.2 Å². The summed E-state index contributed by atoms with van der Waals surface area (Å²) >= 11 is 0. The Balaban J connectivity index is 1.21. The van der Waals surface area contributed by atoms with Gasteiger partial charge in [-0.15, -0.1) is 0 Å². The van der Waals surface area contributed by atoms with Crippen molar-refractivity contribution in [1.82, 2.24) is 14.7 Å². The van der Waals surface area contributed by atoms with E-state index < -0.39 is 0 Å². The fourth-order valence-electron chi connectivity index (χ4n) is 4.42. The number of carbonyl (C=O) groups excluding carboxylic acids is 1. The normalized spacial score (nSPS) is 15.8. The maximum absolute atomic E-state index is 12.5. The summed E-state index contributed by atoms with van der Waals surface area (Å²) in [5, 5.41) is 7.60. The number of benzene rings is 2. The summed E-state index contributed by atoms with van der Waals surface area (Å²) in [6.45, 7) is 4.89. The van der Waals surface area contributed by atoms with Crippen LogP contribution < -0.4 is 10.1 Å². The number of para-hydroxylation sites is 1. The van der Waals surface area contributed by atoms with Crippen molar-refractivity contribution < 1.29 is 9.53 Å². The van der Waals surface area contributed by atoms with Gasteiger partial charge in [-0.05, 0) is 50.3 Å². The van der Waals surface area contributed by atoms with Gasteiger partial charge in [-0.2, -0.15) is 5.10 Å². The highest BCUT2D eigenvalue weighted by Crippen LogP contribution is 2.26. The van der Waals surface area contributed by atoms with Gasteiger partial charge in [0.05, 0.1) is 12.2 Å². The van der Waals surface area contributed by atoms with Crippen LogP contribution in [-0.4, -0.2) is 46.3 Å². The van der Waals surface area contributed by atoms with Crippen molar-refractivity contribution in [2.75, 3.05) is 25.0 Å². The predicted octanol–water partition coefficient (Wildman–Crippen LogP) is 4.95. The summed E-state index contributed by atoms with van der Waals surface area (Å²) in [6.07, 6.45) is 6.06. The Bertz CT molecular complexity index is 982. The lowest BCUT2D eigenvalue weighted by Gasteiger charge is -2.36. The number of aryl methyl sites for hydroxylation is 1. The summed E-state index contributed by atoms with van der Waals surface area (Å²) in [4.78, 5) is 15.0. The average Bonchev–Trinajstić information content (AvgIpc) is 3.32. The highest BCUT2D eigenvalue weighted by Gasteiger charge is 2.26. The highest BCUT2D eigenvalue weighted by molar-refractivity contribution is 5.89. The van der Waals surface area contributed by atoms with Gasteiger partial charge in [0, 0.05) is 31.6 Å². The van der Waals surface area contributed by atoms with Gasteiger partial charge in [0.25, 0.3) is 0 Å². The fraction of sp³-hybridized carbons (Fsp3) is 0.407. The number of likely N-dealkylation sites (tertiary alicyclic amines) is 1. The molecule has 0 bridgehead atoms. The van der Waals surface area contributed by atoms with E-state index in [0.29, 0.717) is 25.1 Å². The zero-order valence-electron chi connectivity index (χ0n) is 19.4. The van der Waals surface area contributed by atoms with Gasteiger partial charge in [0.1, 0.15) is 18.2 Å². The third-order valence-corrected chi connectivity index (χ3v) is 6.35. The molecule has 6 heteroatoms. The summed E-state index contributed by atoms with van der Waals surface area (Å²) < 4.78 is 7.93. The zero-order chi connectivity index (χ0) is 22.9. The number of hydrogen-bond donors (Lipinski definition) is 1. The van der Waals surface area contributed by atoms with E-state index in [-0.39, 0.29) is 5.91 Å². The Morgan fingerprint density at radius 3 is 2.48 bits per heavy atom. The molecule has 4 rings (SSSR count). The molecular weight excluding hydrogens is 412 g/mol. The molecule has 0 radical (unpaired) electrons. The van der Waals surface area contributed by atoms with Crippen LogP contribution in [0.1, 0.15) is 44.2 Å². The molecule has 6 nitrogen and oxygen atoms in total. The molecular formula is C27H34N4O2. The second-order valence-corrected chi connectivity index (χ2v) is 8.79. The van der Waals surface area contributed by atoms with Gasteiger partial charge < -0.3 is 10.1 Å². The number of ether oxygens (including phenoxy) is 1. The molecule has 1 aliphatic rings. The molecule has 174 valence electrons. The number of amides is 1. The van der Waals surface area contributed by atoms with Gasteiger partial charge in [-0.1, -0.05) is 48.5 Å². The van der Waals surface area contributed by atoms with Gasteiger partial charge >= 0.3 is 0 Å². The second kappa shape index (κ2) is 11.7. The Hall–Kier alpha value is -3.12. The smallest absolute Gasteiger partial charge is 0.225 e. The summed E-state index contributed by atoms with van der Waals surface area (Å²) in [5.74, 6) is 1.77. The van der Waals surface area contributed by atoms with E-state index in [4.69, 9.17) is 4.74 Å². The first kappa shape index (κ1) is 23.1. The molecule has 1 amide bonds. The van der Waals surface area contributed by atoms with Crippen LogP contribution in [0.5, 0.6) is 5.75 Å². The number of rotatable bonds is 10. The summed E-state index contributed by atoms with van der Waals surface area (Å²) in [5.41, 5.74) is 1.27. The van der Waals surface area contributed by atoms with E-state index in [1.807, 2.05) is 59.3 Å². The average molecular weight is 447 g/mol. The van der Waals surface area contributed by atoms with E-state index in [2.05, 4.69) is 34.4 Å². The molecule has 3 aromatic rings. The van der Waals surface area contributed by atoms with Crippen molar-refractivity contribution >= 4 is 11.7 Å². The Labute approximate surface area is 196 Å². The number of nitrogens with zero attached hydrogens (tertiary/aromatic N) is 3. The van der Waals surface area contributed by atoms with E-state index in [1.165, 1.54) is 5.56 Å². The number of anilines is 1. The quantitative estimate of drug-likeness (QED) is 0.479. The van der Waals surface area contributed by atoms with Gasteiger partial charge in [0.2, 0.25) is 5.91 Å². The molecule has 1 N–H and O–H groups in total. The molecule has 0 aliphatic carbocycles. The lowest BCUT2D eigenvalue weighted by molar-refractivity contribution is -0.116. The van der Waals surface area contributed by atoms with Crippen molar-refractivity contribution in [3.05, 3.63) is 78.5 Å². The highest BCUT2D eigenvalue weighted by atomic mass is 16.5. The molecule has 1 aromatic heterocycles. The topological polar surface area (TPSA) is 59.4 Å². The Morgan fingerprint density at radius 2 is 1.76 bits per heavy atom. The van der Waals surface area contributed by atoms with Gasteiger partial charge in [0.15, 0.2) is 0 Å². The van der Waals surface area contributed by atoms with Crippen LogP contribution in [0.25, 0.3) is 0 Å². The fourth-order valence-corrected chi connectivity index (χ4v) is 4.42. The number of nitrogens with one attached hydrogen (secondary N) is 1. The van der Waals surface area contributed by atoms with Crippen LogP contribution in [0.2, 0.25) is 0 Å². The molecule has 33 heavy (non-hydrogen) atoms. The van der Waals surface area contributed by atoms with Crippen LogP contribution in [0.4, 0.5) is 5.82 Å². The molecule has 1 atom stereocenters. The lowest BCUT2D eigenvalue weighted by atomic mass is 10.0. The Kier molecular flexibility index (Phi) is 8.14. The van der Waals surface area contributed by atoms with Crippen LogP contribution in [0, 0.1) is 0 Å². The van der Waals surface area contributed by atoms with Crippen molar-refractivity contribution in [3.8, 4) is 5.75 Å². The third kappa shape index (κ3) is 6.68. The first-order valence-corrected chi connectivity index (χ1v) is 12.0. The van der Waals surface area contributed by atoms with Gasteiger partial charge in [-0.25, -0.2) is 4.68 Å². The minimum Gasteiger partial charge on any atom is -0.492 e. The summed E-state index contributed by atoms with van der Waals surface area (Å²) in [6, 6.07) is 22.8. The predicted molar refractivity (Wildman–Crippen MR) is 131 cm³/mol. The molecule has 0 unspecified atom stereocenters. The molecule has 1 saturated heterocycles. The number of aromatic nitrogens is 2.